The summed E-state index contributed by atoms with van der Waals surface area (Å²) in [6.07, 6.45) is -2.42. The van der Waals surface area contributed by atoms with E-state index in [-0.39, 0.29) is 0 Å². The van der Waals surface area contributed by atoms with Crippen molar-refractivity contribution in [3.8, 4) is 5.75 Å². The van der Waals surface area contributed by atoms with Gasteiger partial charge in [0.05, 0.1) is 0 Å². The zero-order valence-corrected chi connectivity index (χ0v) is 7.72. The fourth-order valence-electron chi connectivity index (χ4n) is 0.690. The van der Waals surface area contributed by atoms with Crippen LogP contribution in [-0.4, -0.2) is 13.0 Å². The Labute approximate surface area is 77.5 Å². The minimum Gasteiger partial charge on any atom is -0.488 e. The van der Waals surface area contributed by atoms with Crippen molar-refractivity contribution in [1.82, 2.24) is 0 Å². The van der Waals surface area contributed by atoms with E-state index in [4.69, 9.17) is 4.74 Å². The summed E-state index contributed by atoms with van der Waals surface area (Å²) in [5.41, 5.74) is 0. The first-order valence-electron chi connectivity index (χ1n) is 3.35. The molecule has 0 radical (unpaired) electrons. The third kappa shape index (κ3) is 3.17. The zero-order valence-electron chi connectivity index (χ0n) is 6.14. The van der Waals surface area contributed by atoms with Crippen LogP contribution >= 0.6 is 15.9 Å². The van der Waals surface area contributed by atoms with Crippen molar-refractivity contribution in [3.63, 3.8) is 0 Å². The number of alkyl halides is 2. The lowest BCUT2D eigenvalue weighted by Crippen LogP contribution is -2.06. The smallest absolute Gasteiger partial charge is 0.272 e. The molecular formula is C8H7BrF2O. The first kappa shape index (κ1) is 9.45. The summed E-state index contributed by atoms with van der Waals surface area (Å²) in [7, 11) is 0. The maximum Gasteiger partial charge on any atom is 0.272 e. The van der Waals surface area contributed by atoms with E-state index in [1.165, 1.54) is 0 Å². The van der Waals surface area contributed by atoms with E-state index in [1.807, 2.05) is 0 Å². The summed E-state index contributed by atoms with van der Waals surface area (Å²) in [6, 6.07) is 6.74. The highest BCUT2D eigenvalue weighted by Crippen LogP contribution is 2.16. The van der Waals surface area contributed by atoms with Gasteiger partial charge in [0, 0.05) is 4.47 Å². The molecular weight excluding hydrogens is 230 g/mol. The molecule has 0 atom stereocenters. The molecule has 1 aromatic rings. The molecule has 1 rings (SSSR count). The van der Waals surface area contributed by atoms with Gasteiger partial charge in [-0.15, -0.1) is 0 Å². The third-order valence-corrected chi connectivity index (χ3v) is 1.72. The molecule has 0 heterocycles. The monoisotopic (exact) mass is 236 g/mol. The minimum atomic E-state index is -2.42. The first-order valence-corrected chi connectivity index (χ1v) is 4.14. The third-order valence-electron chi connectivity index (χ3n) is 1.19. The van der Waals surface area contributed by atoms with Crippen molar-refractivity contribution >= 4 is 15.9 Å². The predicted molar refractivity (Wildman–Crippen MR) is 45.6 cm³/mol. The molecule has 0 bridgehead atoms. The quantitative estimate of drug-likeness (QED) is 0.784. The molecule has 0 aliphatic heterocycles. The molecule has 1 aromatic carbocycles. The Hall–Kier alpha value is -0.640. The molecule has 0 N–H and O–H groups in total. The van der Waals surface area contributed by atoms with Crippen LogP contribution in [0.5, 0.6) is 5.75 Å². The van der Waals surface area contributed by atoms with Gasteiger partial charge in [0.15, 0.2) is 0 Å². The van der Waals surface area contributed by atoms with E-state index >= 15 is 0 Å². The standard InChI is InChI=1S/C8H7BrF2O/c9-6-1-3-7(4-2-6)12-5-8(10)11/h1-4,8H,5H2. The molecule has 0 saturated heterocycles. The van der Waals surface area contributed by atoms with E-state index in [9.17, 15) is 8.78 Å². The molecule has 0 amide bonds. The zero-order chi connectivity index (χ0) is 8.97. The number of halogens is 3. The van der Waals surface area contributed by atoms with E-state index in [0.29, 0.717) is 5.75 Å². The van der Waals surface area contributed by atoms with Crippen molar-refractivity contribution < 1.29 is 13.5 Å². The summed E-state index contributed by atoms with van der Waals surface area (Å²) >= 11 is 3.22. The van der Waals surface area contributed by atoms with Gasteiger partial charge in [0.25, 0.3) is 6.43 Å². The predicted octanol–water partition coefficient (Wildman–Crippen LogP) is 3.09. The Morgan fingerprint density at radius 3 is 2.33 bits per heavy atom. The Balaban J connectivity index is 2.48. The van der Waals surface area contributed by atoms with Gasteiger partial charge in [-0.2, -0.15) is 0 Å². The topological polar surface area (TPSA) is 9.23 Å². The molecule has 0 aliphatic rings. The lowest BCUT2D eigenvalue weighted by atomic mass is 10.3. The van der Waals surface area contributed by atoms with Crippen LogP contribution in [0.25, 0.3) is 0 Å². The number of ether oxygens (including phenoxy) is 1. The second-order valence-corrected chi connectivity index (χ2v) is 3.07. The highest BCUT2D eigenvalue weighted by atomic mass is 79.9. The van der Waals surface area contributed by atoms with Crippen molar-refractivity contribution in [2.24, 2.45) is 0 Å². The molecule has 66 valence electrons. The van der Waals surface area contributed by atoms with Crippen molar-refractivity contribution in [2.75, 3.05) is 6.61 Å². The molecule has 0 saturated carbocycles. The van der Waals surface area contributed by atoms with E-state index in [0.717, 1.165) is 4.47 Å². The molecule has 12 heavy (non-hydrogen) atoms. The normalized spacial score (nSPS) is 10.3. The van der Waals surface area contributed by atoms with Crippen molar-refractivity contribution in [3.05, 3.63) is 28.7 Å². The van der Waals surface area contributed by atoms with Crippen LogP contribution in [0.2, 0.25) is 0 Å². The molecule has 0 aromatic heterocycles. The lowest BCUT2D eigenvalue weighted by Gasteiger charge is -2.04. The number of rotatable bonds is 3. The summed E-state index contributed by atoms with van der Waals surface area (Å²) in [5, 5.41) is 0. The second-order valence-electron chi connectivity index (χ2n) is 2.16. The fourth-order valence-corrected chi connectivity index (χ4v) is 0.954. The van der Waals surface area contributed by atoms with Gasteiger partial charge in [-0.1, -0.05) is 15.9 Å². The minimum absolute atomic E-state index is 0.457. The molecule has 4 heteroatoms. The van der Waals surface area contributed by atoms with Gasteiger partial charge >= 0.3 is 0 Å². The summed E-state index contributed by atoms with van der Waals surface area (Å²) in [6.45, 7) is -0.554. The molecule has 1 nitrogen and oxygen atoms in total. The summed E-state index contributed by atoms with van der Waals surface area (Å²) in [5.74, 6) is 0.457. The van der Waals surface area contributed by atoms with E-state index < -0.39 is 13.0 Å². The highest BCUT2D eigenvalue weighted by molar-refractivity contribution is 9.10. The van der Waals surface area contributed by atoms with Gasteiger partial charge in [-0.3, -0.25) is 0 Å². The Morgan fingerprint density at radius 2 is 1.83 bits per heavy atom. The van der Waals surface area contributed by atoms with Crippen LogP contribution in [0, 0.1) is 0 Å². The van der Waals surface area contributed by atoms with Crippen LogP contribution < -0.4 is 4.74 Å². The van der Waals surface area contributed by atoms with Crippen LogP contribution in [0.15, 0.2) is 28.7 Å². The highest BCUT2D eigenvalue weighted by Gasteiger charge is 2.02. The molecule has 0 fully saturated rings. The van der Waals surface area contributed by atoms with Gasteiger partial charge in [0.1, 0.15) is 12.4 Å². The Bertz CT molecular complexity index is 235. The van der Waals surface area contributed by atoms with Crippen LogP contribution in [0.3, 0.4) is 0 Å². The Morgan fingerprint density at radius 1 is 1.25 bits per heavy atom. The largest absolute Gasteiger partial charge is 0.488 e. The lowest BCUT2D eigenvalue weighted by molar-refractivity contribution is 0.0819. The van der Waals surface area contributed by atoms with Gasteiger partial charge in [0.2, 0.25) is 0 Å². The molecule has 0 unspecified atom stereocenters. The maximum absolute atomic E-state index is 11.7. The average molecular weight is 237 g/mol. The van der Waals surface area contributed by atoms with Crippen LogP contribution in [0.1, 0.15) is 0 Å². The first-order chi connectivity index (χ1) is 5.68. The number of hydrogen-bond donors (Lipinski definition) is 0. The SMILES string of the molecule is FC(F)COc1ccc(Br)cc1. The Kier molecular flexibility index (Phi) is 3.47. The summed E-state index contributed by atoms with van der Waals surface area (Å²) in [4.78, 5) is 0. The van der Waals surface area contributed by atoms with Crippen molar-refractivity contribution in [1.29, 1.82) is 0 Å². The summed E-state index contributed by atoms with van der Waals surface area (Å²) < 4.78 is 29.0. The van der Waals surface area contributed by atoms with Crippen LogP contribution in [-0.2, 0) is 0 Å². The molecule has 0 aliphatic carbocycles. The van der Waals surface area contributed by atoms with Gasteiger partial charge in [-0.25, -0.2) is 8.78 Å². The van der Waals surface area contributed by atoms with E-state index in [1.54, 1.807) is 24.3 Å². The fraction of sp³-hybridized carbons (Fsp3) is 0.250. The van der Waals surface area contributed by atoms with Gasteiger partial charge < -0.3 is 4.74 Å². The second kappa shape index (κ2) is 4.40. The maximum atomic E-state index is 11.7. The number of hydrogen-bond acceptors (Lipinski definition) is 1. The van der Waals surface area contributed by atoms with Gasteiger partial charge in [-0.05, 0) is 24.3 Å². The van der Waals surface area contributed by atoms with Crippen molar-refractivity contribution in [2.45, 2.75) is 6.43 Å². The number of benzene rings is 1. The molecule has 0 spiro atoms. The van der Waals surface area contributed by atoms with E-state index in [2.05, 4.69) is 15.9 Å². The average Bonchev–Trinajstić information content (AvgIpc) is 2.03. The van der Waals surface area contributed by atoms with Crippen LogP contribution in [0.4, 0.5) is 8.78 Å².